The molecule has 2 amide bonds. The summed E-state index contributed by atoms with van der Waals surface area (Å²) in [6, 6.07) is 13.8. The fourth-order valence-corrected chi connectivity index (χ4v) is 3.40. The predicted molar refractivity (Wildman–Crippen MR) is 130 cm³/mol. The van der Waals surface area contributed by atoms with E-state index in [1.165, 1.54) is 0 Å². The van der Waals surface area contributed by atoms with Gasteiger partial charge < -0.3 is 16.0 Å². The molecule has 0 aromatic heterocycles. The molecule has 0 bridgehead atoms. The molecular formula is C25H31N5O2. The van der Waals surface area contributed by atoms with Gasteiger partial charge in [-0.15, -0.1) is 0 Å². The summed E-state index contributed by atoms with van der Waals surface area (Å²) < 4.78 is 0. The van der Waals surface area contributed by atoms with Gasteiger partial charge in [-0.05, 0) is 60.7 Å². The van der Waals surface area contributed by atoms with E-state index in [0.717, 1.165) is 28.2 Å². The van der Waals surface area contributed by atoms with Gasteiger partial charge in [0, 0.05) is 28.7 Å². The van der Waals surface area contributed by atoms with Crippen molar-refractivity contribution in [3.8, 4) is 0 Å². The maximum Gasteiger partial charge on any atom is 0.280 e. The van der Waals surface area contributed by atoms with Crippen molar-refractivity contribution in [2.24, 2.45) is 4.99 Å². The summed E-state index contributed by atoms with van der Waals surface area (Å²) in [5.41, 5.74) is 4.94. The molecule has 0 atom stereocenters. The van der Waals surface area contributed by atoms with Gasteiger partial charge in [0.05, 0.1) is 6.54 Å². The van der Waals surface area contributed by atoms with Gasteiger partial charge in [-0.2, -0.15) is 4.99 Å². The minimum Gasteiger partial charge on any atom is -0.383 e. The number of amides is 2. The molecule has 1 aliphatic rings. The molecule has 1 saturated heterocycles. The number of aliphatic imine (C=N–C) groups is 1. The topological polar surface area (TPSA) is 94.6 Å². The predicted octanol–water partition coefficient (Wildman–Crippen LogP) is 3.91. The van der Waals surface area contributed by atoms with Crippen LogP contribution in [0.3, 0.4) is 0 Å². The van der Waals surface area contributed by atoms with Gasteiger partial charge in [0.2, 0.25) is 11.9 Å². The fraction of sp³-hybridized carbons (Fsp3) is 0.320. The first kappa shape index (κ1) is 23.1. The average Bonchev–Trinajstić information content (AvgIpc) is 3.11. The van der Waals surface area contributed by atoms with Gasteiger partial charge in [-0.25, -0.2) is 0 Å². The molecule has 2 aromatic carbocycles. The molecule has 2 aromatic rings. The number of hydrogen-bond acceptors (Lipinski definition) is 4. The first-order valence-corrected chi connectivity index (χ1v) is 10.7. The molecule has 0 spiro atoms. The van der Waals surface area contributed by atoms with Gasteiger partial charge in [0.25, 0.3) is 5.91 Å². The minimum absolute atomic E-state index is 0.125. The normalized spacial score (nSPS) is 14.8. The summed E-state index contributed by atoms with van der Waals surface area (Å²) >= 11 is 0. The highest BCUT2D eigenvalue weighted by molar-refractivity contribution is 6.10. The van der Waals surface area contributed by atoms with Crippen LogP contribution < -0.4 is 21.3 Å². The van der Waals surface area contributed by atoms with E-state index in [1.807, 2.05) is 36.4 Å². The molecule has 32 heavy (non-hydrogen) atoms. The number of nitrogens with one attached hydrogen (secondary N) is 4. The zero-order valence-electron chi connectivity index (χ0n) is 19.3. The molecule has 1 heterocycles. The van der Waals surface area contributed by atoms with Crippen LogP contribution in [0.4, 0.5) is 11.4 Å². The van der Waals surface area contributed by atoms with Crippen LogP contribution in [0.25, 0.3) is 5.70 Å². The Morgan fingerprint density at radius 1 is 1.12 bits per heavy atom. The number of anilines is 2. The second-order valence-corrected chi connectivity index (χ2v) is 9.16. The van der Waals surface area contributed by atoms with Crippen molar-refractivity contribution in [2.45, 2.75) is 46.1 Å². The highest BCUT2D eigenvalue weighted by Crippen LogP contribution is 2.33. The zero-order valence-corrected chi connectivity index (χ0v) is 19.3. The molecule has 1 fully saturated rings. The van der Waals surface area contributed by atoms with E-state index in [1.54, 1.807) is 6.07 Å². The van der Waals surface area contributed by atoms with Crippen LogP contribution in [0.5, 0.6) is 0 Å². The van der Waals surface area contributed by atoms with E-state index in [0.29, 0.717) is 11.6 Å². The molecule has 7 nitrogen and oxygen atoms in total. The Kier molecular flexibility index (Phi) is 6.67. The largest absolute Gasteiger partial charge is 0.383 e. The number of carbonyl (C=O) groups excluding carboxylic acids is 2. The zero-order chi connectivity index (χ0) is 23.5. The summed E-state index contributed by atoms with van der Waals surface area (Å²) in [4.78, 5) is 27.9. The van der Waals surface area contributed by atoms with Gasteiger partial charge >= 0.3 is 0 Å². The van der Waals surface area contributed by atoms with E-state index >= 15 is 0 Å². The molecule has 1 aliphatic heterocycles. The van der Waals surface area contributed by atoms with Crippen molar-refractivity contribution < 1.29 is 9.59 Å². The van der Waals surface area contributed by atoms with Crippen LogP contribution in [-0.2, 0) is 10.2 Å². The lowest BCUT2D eigenvalue weighted by molar-refractivity contribution is -0.117. The fourth-order valence-electron chi connectivity index (χ4n) is 3.40. The molecule has 7 heteroatoms. The first-order valence-electron chi connectivity index (χ1n) is 10.7. The second-order valence-electron chi connectivity index (χ2n) is 9.16. The number of rotatable bonds is 6. The van der Waals surface area contributed by atoms with Crippen LogP contribution in [-0.4, -0.2) is 30.4 Å². The van der Waals surface area contributed by atoms with Gasteiger partial charge in [-0.3, -0.25) is 14.9 Å². The third kappa shape index (κ3) is 5.75. The van der Waals surface area contributed by atoms with Crippen LogP contribution in [0.2, 0.25) is 0 Å². The van der Waals surface area contributed by atoms with Crippen LogP contribution in [0.15, 0.2) is 54.0 Å². The van der Waals surface area contributed by atoms with Crippen molar-refractivity contribution in [3.63, 3.8) is 0 Å². The van der Waals surface area contributed by atoms with E-state index in [4.69, 9.17) is 0 Å². The lowest BCUT2D eigenvalue weighted by atomic mass is 9.84. The maximum atomic E-state index is 12.6. The molecule has 168 valence electrons. The SMILES string of the molecule is C=C(NC(C)C)c1cccc(Nc2ccc(C(=O)/N=C3\NCC(=O)N3)cc2C(C)(C)C)c1. The molecule has 4 N–H and O–H groups in total. The quantitative estimate of drug-likeness (QED) is 0.554. The lowest BCUT2D eigenvalue weighted by Crippen LogP contribution is -2.26. The smallest absolute Gasteiger partial charge is 0.280 e. The molecule has 0 radical (unpaired) electrons. The number of guanidine groups is 1. The molecule has 0 aliphatic carbocycles. The first-order chi connectivity index (χ1) is 15.0. The van der Waals surface area contributed by atoms with Crippen molar-refractivity contribution in [1.29, 1.82) is 0 Å². The Morgan fingerprint density at radius 3 is 2.50 bits per heavy atom. The number of hydrogen-bond donors (Lipinski definition) is 4. The van der Waals surface area contributed by atoms with Gasteiger partial charge in [0.1, 0.15) is 0 Å². The monoisotopic (exact) mass is 433 g/mol. The Balaban J connectivity index is 1.88. The third-order valence-electron chi connectivity index (χ3n) is 4.92. The Labute approximate surface area is 189 Å². The number of benzene rings is 2. The van der Waals surface area contributed by atoms with Crippen LogP contribution >= 0.6 is 0 Å². The molecule has 3 rings (SSSR count). The summed E-state index contributed by atoms with van der Waals surface area (Å²) in [6.07, 6.45) is 0. The van der Waals surface area contributed by atoms with E-state index in [9.17, 15) is 9.59 Å². The summed E-state index contributed by atoms with van der Waals surface area (Å²) in [7, 11) is 0. The number of nitrogens with zero attached hydrogens (tertiary/aromatic N) is 1. The van der Waals surface area contributed by atoms with E-state index in [-0.39, 0.29) is 23.8 Å². The van der Waals surface area contributed by atoms with Crippen LogP contribution in [0, 0.1) is 0 Å². The summed E-state index contributed by atoms with van der Waals surface area (Å²) in [6.45, 7) is 14.7. The van der Waals surface area contributed by atoms with Crippen LogP contribution in [0.1, 0.15) is 56.1 Å². The standard InChI is InChI=1S/C25H31N5O2/c1-15(2)27-16(3)17-8-7-9-19(12-17)28-21-11-10-18(13-20(21)25(4,5)6)23(32)30-24-26-14-22(31)29-24/h7-13,15,27-28H,3,14H2,1-2,4-6H3,(H2,26,29,30,31,32). The average molecular weight is 434 g/mol. The summed E-state index contributed by atoms with van der Waals surface area (Å²) in [5.74, 6) is -0.434. The third-order valence-corrected chi connectivity index (χ3v) is 4.92. The molecular weight excluding hydrogens is 402 g/mol. The Bertz CT molecular complexity index is 1080. The number of carbonyl (C=O) groups is 2. The molecule has 0 saturated carbocycles. The van der Waals surface area contributed by atoms with Crippen molar-refractivity contribution >= 4 is 34.8 Å². The molecule has 0 unspecified atom stereocenters. The van der Waals surface area contributed by atoms with Crippen molar-refractivity contribution in [1.82, 2.24) is 16.0 Å². The lowest BCUT2D eigenvalue weighted by Gasteiger charge is -2.24. The van der Waals surface area contributed by atoms with Crippen molar-refractivity contribution in [2.75, 3.05) is 11.9 Å². The maximum absolute atomic E-state index is 12.6. The highest BCUT2D eigenvalue weighted by atomic mass is 16.2. The Morgan fingerprint density at radius 2 is 1.88 bits per heavy atom. The highest BCUT2D eigenvalue weighted by Gasteiger charge is 2.22. The second kappa shape index (κ2) is 9.26. The summed E-state index contributed by atoms with van der Waals surface area (Å²) in [5, 5.41) is 12.1. The van der Waals surface area contributed by atoms with E-state index < -0.39 is 5.91 Å². The van der Waals surface area contributed by atoms with E-state index in [2.05, 4.69) is 67.5 Å². The Hall–Kier alpha value is -3.61. The van der Waals surface area contributed by atoms with Gasteiger partial charge in [0.15, 0.2) is 0 Å². The minimum atomic E-state index is -0.412. The van der Waals surface area contributed by atoms with Crippen molar-refractivity contribution in [3.05, 3.63) is 65.7 Å². The van der Waals surface area contributed by atoms with Gasteiger partial charge in [-0.1, -0.05) is 39.5 Å².